The van der Waals surface area contributed by atoms with Crippen LogP contribution in [0.5, 0.6) is 5.75 Å². The maximum absolute atomic E-state index is 13.1. The number of carbonyl (C=O) groups is 3. The van der Waals surface area contributed by atoms with Crippen LogP contribution < -0.4 is 15.4 Å². The first-order valence-electron chi connectivity index (χ1n) is 12.4. The second kappa shape index (κ2) is 11.8. The lowest BCUT2D eigenvalue weighted by Crippen LogP contribution is -2.46. The molecule has 2 atom stereocenters. The van der Waals surface area contributed by atoms with Crippen molar-refractivity contribution in [2.75, 3.05) is 25.5 Å². The number of aromatic nitrogens is 2. The van der Waals surface area contributed by atoms with Crippen LogP contribution in [0.25, 0.3) is 11.1 Å². The summed E-state index contributed by atoms with van der Waals surface area (Å²) in [6, 6.07) is 12.5. The van der Waals surface area contributed by atoms with Crippen molar-refractivity contribution in [2.45, 2.75) is 38.5 Å². The van der Waals surface area contributed by atoms with Gasteiger partial charge in [0.25, 0.3) is 0 Å². The third kappa shape index (κ3) is 7.44. The topological polar surface area (TPSA) is 132 Å². The summed E-state index contributed by atoms with van der Waals surface area (Å²) in [7, 11) is 1.55. The molecule has 0 aliphatic carbocycles. The lowest BCUT2D eigenvalue weighted by molar-refractivity contribution is 0.0180. The Morgan fingerprint density at radius 3 is 2.36 bits per heavy atom. The first-order valence-corrected chi connectivity index (χ1v) is 12.4. The van der Waals surface area contributed by atoms with Gasteiger partial charge in [0.15, 0.2) is 0 Å². The molecule has 1 aliphatic rings. The van der Waals surface area contributed by atoms with E-state index in [1.807, 2.05) is 6.07 Å². The number of anilines is 1. The first-order chi connectivity index (χ1) is 18.6. The molecule has 11 nitrogen and oxygen atoms in total. The highest BCUT2D eigenvalue weighted by Gasteiger charge is 2.40. The van der Waals surface area contributed by atoms with Crippen molar-refractivity contribution < 1.29 is 28.6 Å². The van der Waals surface area contributed by atoms with Gasteiger partial charge in [-0.3, -0.25) is 0 Å². The Balaban J connectivity index is 1.48. The number of methoxy groups -OCH3 is 1. The summed E-state index contributed by atoms with van der Waals surface area (Å²) in [6.45, 7) is 5.45. The Labute approximate surface area is 226 Å². The zero-order valence-electron chi connectivity index (χ0n) is 22.2. The molecule has 1 fully saturated rings. The number of amides is 3. The SMILES string of the molecule is COc1ccc(NC(=O)N[C@H]2CN(C(=O)OC(C)(C)C)C[C@@H]2OC(=O)c2cccc(-c3cncnc3)c2)cc1. The Kier molecular flexibility index (Phi) is 8.28. The highest BCUT2D eigenvalue weighted by Crippen LogP contribution is 2.23. The summed E-state index contributed by atoms with van der Waals surface area (Å²) < 4.78 is 16.4. The first kappa shape index (κ1) is 27.4. The van der Waals surface area contributed by atoms with E-state index in [0.717, 1.165) is 11.1 Å². The highest BCUT2D eigenvalue weighted by atomic mass is 16.6. The molecule has 2 heterocycles. The smallest absolute Gasteiger partial charge is 0.410 e. The zero-order valence-corrected chi connectivity index (χ0v) is 22.2. The molecule has 1 aliphatic heterocycles. The van der Waals surface area contributed by atoms with E-state index in [1.54, 1.807) is 82.7 Å². The molecule has 1 saturated heterocycles. The second-order valence-electron chi connectivity index (χ2n) is 9.97. The Morgan fingerprint density at radius 1 is 0.974 bits per heavy atom. The molecule has 0 saturated carbocycles. The number of rotatable bonds is 6. The van der Waals surface area contributed by atoms with Crippen LogP contribution in [0.4, 0.5) is 15.3 Å². The molecule has 1 aromatic heterocycles. The van der Waals surface area contributed by atoms with Crippen molar-refractivity contribution in [1.29, 1.82) is 0 Å². The molecular weight excluding hydrogens is 502 g/mol. The van der Waals surface area contributed by atoms with Gasteiger partial charge in [-0.25, -0.2) is 24.4 Å². The van der Waals surface area contributed by atoms with Crippen molar-refractivity contribution in [3.8, 4) is 16.9 Å². The number of nitrogens with one attached hydrogen (secondary N) is 2. The minimum Gasteiger partial charge on any atom is -0.497 e. The van der Waals surface area contributed by atoms with Crippen LogP contribution in [-0.2, 0) is 9.47 Å². The quantitative estimate of drug-likeness (QED) is 0.453. The average Bonchev–Trinajstić information content (AvgIpc) is 3.30. The molecule has 0 radical (unpaired) electrons. The molecule has 0 spiro atoms. The third-order valence-corrected chi connectivity index (χ3v) is 5.83. The number of nitrogens with zero attached hydrogens (tertiary/aromatic N) is 3. The van der Waals surface area contributed by atoms with Crippen LogP contribution in [0.15, 0.2) is 67.3 Å². The van der Waals surface area contributed by atoms with Gasteiger partial charge in [-0.05, 0) is 62.7 Å². The minimum atomic E-state index is -0.810. The van der Waals surface area contributed by atoms with E-state index in [2.05, 4.69) is 20.6 Å². The van der Waals surface area contributed by atoms with E-state index in [9.17, 15) is 14.4 Å². The minimum absolute atomic E-state index is 0.0559. The van der Waals surface area contributed by atoms with Gasteiger partial charge >= 0.3 is 18.1 Å². The fourth-order valence-electron chi connectivity index (χ4n) is 4.00. The number of ether oxygens (including phenoxy) is 3. The molecule has 3 amide bonds. The molecule has 3 aromatic rings. The maximum Gasteiger partial charge on any atom is 0.410 e. The summed E-state index contributed by atoms with van der Waals surface area (Å²) in [5, 5.41) is 5.56. The van der Waals surface area contributed by atoms with E-state index >= 15 is 0 Å². The molecule has 0 unspecified atom stereocenters. The largest absolute Gasteiger partial charge is 0.497 e. The molecule has 11 heteroatoms. The summed E-state index contributed by atoms with van der Waals surface area (Å²) >= 11 is 0. The lowest BCUT2D eigenvalue weighted by atomic mass is 10.1. The van der Waals surface area contributed by atoms with E-state index in [1.165, 1.54) is 11.2 Å². The van der Waals surface area contributed by atoms with E-state index in [4.69, 9.17) is 14.2 Å². The van der Waals surface area contributed by atoms with Crippen molar-refractivity contribution in [1.82, 2.24) is 20.2 Å². The fraction of sp³-hybridized carbons (Fsp3) is 0.321. The van der Waals surface area contributed by atoms with Crippen molar-refractivity contribution in [2.24, 2.45) is 0 Å². The molecule has 204 valence electrons. The van der Waals surface area contributed by atoms with Gasteiger partial charge in [0, 0.05) is 30.2 Å². The number of likely N-dealkylation sites (tertiary alicyclic amines) is 1. The fourth-order valence-corrected chi connectivity index (χ4v) is 4.00. The number of hydrogen-bond acceptors (Lipinski definition) is 8. The number of urea groups is 1. The van der Waals surface area contributed by atoms with Crippen molar-refractivity contribution >= 4 is 23.8 Å². The summed E-state index contributed by atoms with van der Waals surface area (Å²) in [6.07, 6.45) is 3.35. The van der Waals surface area contributed by atoms with Crippen molar-refractivity contribution in [3.63, 3.8) is 0 Å². The molecule has 4 rings (SSSR count). The van der Waals surface area contributed by atoms with Gasteiger partial charge in [-0.2, -0.15) is 0 Å². The standard InChI is InChI=1S/C28H31N5O6/c1-28(2,3)39-27(36)33-15-23(32-26(35)31-21-8-10-22(37-4)11-9-21)24(16-33)38-25(34)19-7-5-6-18(12-19)20-13-29-17-30-14-20/h5-14,17,23-24H,15-16H2,1-4H3,(H2,31,32,35)/t23-,24-/m0/s1. The zero-order chi connectivity index (χ0) is 28.0. The highest BCUT2D eigenvalue weighted by molar-refractivity contribution is 5.92. The molecule has 2 aromatic carbocycles. The van der Waals surface area contributed by atoms with Crippen LogP contribution in [-0.4, -0.2) is 70.9 Å². The molecule has 2 N–H and O–H groups in total. The van der Waals surface area contributed by atoms with Crippen LogP contribution in [0, 0.1) is 0 Å². The van der Waals surface area contributed by atoms with Gasteiger partial charge in [-0.1, -0.05) is 12.1 Å². The summed E-state index contributed by atoms with van der Waals surface area (Å²) in [5.41, 5.74) is 1.65. The number of hydrogen-bond donors (Lipinski definition) is 2. The van der Waals surface area contributed by atoms with Crippen LogP contribution in [0.3, 0.4) is 0 Å². The van der Waals surface area contributed by atoms with E-state index in [-0.39, 0.29) is 13.1 Å². The molecular formula is C28H31N5O6. The van der Waals surface area contributed by atoms with Crippen molar-refractivity contribution in [3.05, 3.63) is 72.8 Å². The normalized spacial score (nSPS) is 16.8. The van der Waals surface area contributed by atoms with Crippen LogP contribution >= 0.6 is 0 Å². The van der Waals surface area contributed by atoms with Gasteiger partial charge in [0.1, 0.15) is 23.8 Å². The molecule has 39 heavy (non-hydrogen) atoms. The van der Waals surface area contributed by atoms with Gasteiger partial charge in [0.2, 0.25) is 0 Å². The number of carbonyl (C=O) groups excluding carboxylic acids is 3. The predicted molar refractivity (Wildman–Crippen MR) is 143 cm³/mol. The van der Waals surface area contributed by atoms with Crippen LogP contribution in [0.2, 0.25) is 0 Å². The maximum atomic E-state index is 13.1. The number of esters is 1. The second-order valence-corrected chi connectivity index (χ2v) is 9.97. The van der Waals surface area contributed by atoms with Crippen LogP contribution in [0.1, 0.15) is 31.1 Å². The average molecular weight is 534 g/mol. The van der Waals surface area contributed by atoms with E-state index in [0.29, 0.717) is 17.0 Å². The Hall–Kier alpha value is -4.67. The van der Waals surface area contributed by atoms with Gasteiger partial charge in [-0.15, -0.1) is 0 Å². The third-order valence-electron chi connectivity index (χ3n) is 5.83. The molecule has 0 bridgehead atoms. The Bertz CT molecular complexity index is 1310. The predicted octanol–water partition coefficient (Wildman–Crippen LogP) is 4.12. The lowest BCUT2D eigenvalue weighted by Gasteiger charge is -2.24. The van der Waals surface area contributed by atoms with Gasteiger partial charge in [0.05, 0.1) is 25.3 Å². The number of benzene rings is 2. The monoisotopic (exact) mass is 533 g/mol. The summed E-state index contributed by atoms with van der Waals surface area (Å²) in [5.74, 6) is 0.0627. The summed E-state index contributed by atoms with van der Waals surface area (Å²) in [4.78, 5) is 48.1. The van der Waals surface area contributed by atoms with E-state index < -0.39 is 35.8 Å². The Morgan fingerprint density at radius 2 is 1.69 bits per heavy atom. The van der Waals surface area contributed by atoms with Gasteiger partial charge < -0.3 is 29.7 Å².